The van der Waals surface area contributed by atoms with Gasteiger partial charge in [0, 0.05) is 13.1 Å². The van der Waals surface area contributed by atoms with E-state index in [-0.39, 0.29) is 5.52 Å². The molecule has 0 aliphatic rings. The lowest BCUT2D eigenvalue weighted by Gasteiger charge is -2.10. The molecule has 0 bridgehead atoms. The minimum absolute atomic E-state index is 0.352. The maximum atomic E-state index is 13.5. The molecule has 0 aliphatic carbocycles. The largest absolute Gasteiger partial charge is 0.477 e. The van der Waals surface area contributed by atoms with Crippen LogP contribution in [0.1, 0.15) is 10.5 Å². The maximum Gasteiger partial charge on any atom is 0.352 e. The minimum atomic E-state index is -1.38. The summed E-state index contributed by atoms with van der Waals surface area (Å²) in [6.07, 6.45) is 0. The fraction of sp³-hybridized carbons (Fsp3) is 0.0909. The second-order valence-electron chi connectivity index (χ2n) is 3.51. The molecule has 0 saturated heterocycles. The molecule has 1 heterocycles. The van der Waals surface area contributed by atoms with Crippen LogP contribution in [-0.2, 0) is 7.05 Å². The Bertz CT molecular complexity index is 691. The van der Waals surface area contributed by atoms with E-state index in [1.165, 1.54) is 7.05 Å². The fourth-order valence-electron chi connectivity index (χ4n) is 1.72. The van der Waals surface area contributed by atoms with Crippen LogP contribution in [-0.4, -0.2) is 15.6 Å². The zero-order valence-electron chi connectivity index (χ0n) is 8.70. The first-order valence-corrected chi connectivity index (χ1v) is 4.64. The number of nitrogens with zero attached hydrogens (tertiary/aromatic N) is 1. The van der Waals surface area contributed by atoms with Crippen LogP contribution in [0.5, 0.6) is 0 Å². The molecule has 0 radical (unpaired) electrons. The molecule has 1 aromatic carbocycles. The van der Waals surface area contributed by atoms with Gasteiger partial charge in [0.25, 0.3) is 0 Å². The number of hydrogen-bond acceptors (Lipinski definition) is 2. The molecular formula is C11H7F2NO3. The highest BCUT2D eigenvalue weighted by molar-refractivity contribution is 5.90. The lowest BCUT2D eigenvalue weighted by atomic mass is 10.1. The maximum absolute atomic E-state index is 13.5. The van der Waals surface area contributed by atoms with E-state index in [4.69, 9.17) is 5.11 Å². The van der Waals surface area contributed by atoms with Crippen molar-refractivity contribution in [1.29, 1.82) is 0 Å². The Labute approximate surface area is 93.7 Å². The van der Waals surface area contributed by atoms with Gasteiger partial charge >= 0.3 is 5.97 Å². The van der Waals surface area contributed by atoms with Crippen LogP contribution in [0.15, 0.2) is 23.0 Å². The van der Waals surface area contributed by atoms with Crippen molar-refractivity contribution in [3.05, 3.63) is 45.8 Å². The summed E-state index contributed by atoms with van der Waals surface area (Å²) in [6, 6.07) is 2.45. The van der Waals surface area contributed by atoms with Gasteiger partial charge in [-0.1, -0.05) is 0 Å². The van der Waals surface area contributed by atoms with Gasteiger partial charge in [0.2, 0.25) is 0 Å². The Hall–Kier alpha value is -2.24. The number of aryl methyl sites for hydroxylation is 1. The van der Waals surface area contributed by atoms with E-state index in [9.17, 15) is 18.4 Å². The molecule has 0 amide bonds. The van der Waals surface area contributed by atoms with Crippen molar-refractivity contribution in [2.24, 2.45) is 7.05 Å². The van der Waals surface area contributed by atoms with E-state index in [0.29, 0.717) is 0 Å². The normalized spacial score (nSPS) is 10.8. The molecule has 0 atom stereocenters. The summed E-state index contributed by atoms with van der Waals surface area (Å²) < 4.78 is 27.9. The van der Waals surface area contributed by atoms with Crippen LogP contribution in [0.3, 0.4) is 0 Å². The van der Waals surface area contributed by atoms with Crippen molar-refractivity contribution < 1.29 is 18.7 Å². The molecule has 0 fully saturated rings. The van der Waals surface area contributed by atoms with Crippen molar-refractivity contribution in [1.82, 2.24) is 4.57 Å². The third-order valence-corrected chi connectivity index (χ3v) is 2.51. The Balaban J connectivity index is 3.09. The van der Waals surface area contributed by atoms with E-state index >= 15 is 0 Å². The number of hydrogen-bond donors (Lipinski definition) is 1. The summed E-state index contributed by atoms with van der Waals surface area (Å²) in [5.74, 6) is -3.10. The van der Waals surface area contributed by atoms with Crippen molar-refractivity contribution in [2.45, 2.75) is 0 Å². The predicted octanol–water partition coefficient (Wildman–Crippen LogP) is 1.51. The molecule has 2 rings (SSSR count). The molecule has 4 nitrogen and oxygen atoms in total. The third kappa shape index (κ3) is 1.57. The van der Waals surface area contributed by atoms with Crippen molar-refractivity contribution in [3.63, 3.8) is 0 Å². The summed E-state index contributed by atoms with van der Waals surface area (Å²) in [7, 11) is 1.26. The van der Waals surface area contributed by atoms with Gasteiger partial charge in [-0.3, -0.25) is 4.79 Å². The Kier molecular flexibility index (Phi) is 2.42. The average molecular weight is 239 g/mol. The van der Waals surface area contributed by atoms with Gasteiger partial charge in [0.15, 0.2) is 5.43 Å². The standard InChI is InChI=1S/C11H7F2NO3/c1-14-7(11(16)17)4-8(15)9-5(12)2-3-6(13)10(9)14/h2-4H,1H3,(H,16,17). The number of rotatable bonds is 1. The van der Waals surface area contributed by atoms with Gasteiger partial charge in [0.05, 0.1) is 10.9 Å². The molecule has 0 aliphatic heterocycles. The van der Waals surface area contributed by atoms with Crippen LogP contribution < -0.4 is 5.43 Å². The van der Waals surface area contributed by atoms with E-state index in [0.717, 1.165) is 22.8 Å². The highest BCUT2D eigenvalue weighted by Crippen LogP contribution is 2.18. The molecule has 6 heteroatoms. The fourth-order valence-corrected chi connectivity index (χ4v) is 1.72. The van der Waals surface area contributed by atoms with Gasteiger partial charge < -0.3 is 9.67 Å². The van der Waals surface area contributed by atoms with E-state index in [1.807, 2.05) is 0 Å². The first kappa shape index (κ1) is 11.3. The van der Waals surface area contributed by atoms with Crippen molar-refractivity contribution >= 4 is 16.9 Å². The Morgan fingerprint density at radius 2 is 1.88 bits per heavy atom. The highest BCUT2D eigenvalue weighted by Gasteiger charge is 2.17. The first-order valence-electron chi connectivity index (χ1n) is 4.64. The number of carboxylic acids is 1. The van der Waals surface area contributed by atoms with Gasteiger partial charge in [-0.25, -0.2) is 13.6 Å². The summed E-state index contributed by atoms with van der Waals surface area (Å²) >= 11 is 0. The van der Waals surface area contributed by atoms with Gasteiger partial charge in [-0.15, -0.1) is 0 Å². The summed E-state index contributed by atoms with van der Waals surface area (Å²) in [6.45, 7) is 0. The van der Waals surface area contributed by atoms with Crippen LogP contribution in [0.25, 0.3) is 10.9 Å². The van der Waals surface area contributed by atoms with Crippen LogP contribution >= 0.6 is 0 Å². The lowest BCUT2D eigenvalue weighted by Crippen LogP contribution is -2.17. The molecule has 1 aromatic heterocycles. The SMILES string of the molecule is Cn1c(C(=O)O)cc(=O)c2c(F)ccc(F)c21. The number of fused-ring (bicyclic) bond motifs is 1. The quantitative estimate of drug-likeness (QED) is 0.820. The molecule has 17 heavy (non-hydrogen) atoms. The number of aromatic carboxylic acids is 1. The second kappa shape index (κ2) is 3.65. The third-order valence-electron chi connectivity index (χ3n) is 2.51. The number of carbonyl (C=O) groups is 1. The first-order chi connectivity index (χ1) is 7.93. The zero-order chi connectivity index (χ0) is 12.7. The Morgan fingerprint density at radius 1 is 1.29 bits per heavy atom. The summed E-state index contributed by atoms with van der Waals surface area (Å²) in [5, 5.41) is 8.39. The highest BCUT2D eigenvalue weighted by atomic mass is 19.1. The number of carboxylic acid groups (broad SMARTS) is 1. The molecule has 2 aromatic rings. The molecule has 0 unspecified atom stereocenters. The molecular weight excluding hydrogens is 232 g/mol. The van der Waals surface area contributed by atoms with E-state index in [1.54, 1.807) is 0 Å². The molecule has 0 spiro atoms. The van der Waals surface area contributed by atoms with Gasteiger partial charge in [-0.05, 0) is 12.1 Å². The minimum Gasteiger partial charge on any atom is -0.477 e. The number of benzene rings is 1. The van der Waals surface area contributed by atoms with Gasteiger partial charge in [0.1, 0.15) is 17.3 Å². The van der Waals surface area contributed by atoms with Crippen LogP contribution in [0.2, 0.25) is 0 Å². The zero-order valence-corrected chi connectivity index (χ0v) is 8.70. The van der Waals surface area contributed by atoms with Crippen LogP contribution in [0.4, 0.5) is 8.78 Å². The molecule has 1 N–H and O–H groups in total. The Morgan fingerprint density at radius 3 is 2.47 bits per heavy atom. The van der Waals surface area contributed by atoms with Crippen molar-refractivity contribution in [2.75, 3.05) is 0 Å². The lowest BCUT2D eigenvalue weighted by molar-refractivity contribution is 0.0686. The molecule has 0 saturated carbocycles. The van der Waals surface area contributed by atoms with Gasteiger partial charge in [-0.2, -0.15) is 0 Å². The predicted molar refractivity (Wildman–Crippen MR) is 56.1 cm³/mol. The van der Waals surface area contributed by atoms with Crippen LogP contribution in [0, 0.1) is 11.6 Å². The van der Waals surface area contributed by atoms with E-state index in [2.05, 4.69) is 0 Å². The topological polar surface area (TPSA) is 59.3 Å². The molecule has 88 valence electrons. The smallest absolute Gasteiger partial charge is 0.352 e. The number of aromatic nitrogens is 1. The number of pyridine rings is 1. The monoisotopic (exact) mass is 239 g/mol. The summed E-state index contributed by atoms with van der Waals surface area (Å²) in [5.41, 5.74) is -1.60. The number of halogens is 2. The average Bonchev–Trinajstić information content (AvgIpc) is 2.26. The van der Waals surface area contributed by atoms with Crippen molar-refractivity contribution in [3.8, 4) is 0 Å². The van der Waals surface area contributed by atoms with E-state index < -0.39 is 34.1 Å². The second-order valence-corrected chi connectivity index (χ2v) is 3.51. The summed E-state index contributed by atoms with van der Waals surface area (Å²) in [4.78, 5) is 22.4.